The van der Waals surface area contributed by atoms with Crippen LogP contribution in [0.1, 0.15) is 35.6 Å². The van der Waals surface area contributed by atoms with Crippen molar-refractivity contribution in [2.75, 3.05) is 13.7 Å². The fraction of sp³-hybridized carbons (Fsp3) is 0.280. The topological polar surface area (TPSA) is 122 Å². The number of carbonyl (C=O) groups excluding carboxylic acids is 2. The van der Waals surface area contributed by atoms with E-state index in [4.69, 9.17) is 14.4 Å². The molecule has 0 aliphatic heterocycles. The molecule has 9 heteroatoms. The summed E-state index contributed by atoms with van der Waals surface area (Å²) in [5, 5.41) is 15.4. The molecule has 0 fully saturated rings. The minimum Gasteiger partial charge on any atom is -0.481 e. The van der Waals surface area contributed by atoms with Crippen LogP contribution in [0, 0.1) is 0 Å². The molecule has 4 rings (SSSR count). The fourth-order valence-corrected chi connectivity index (χ4v) is 4.21. The summed E-state index contributed by atoms with van der Waals surface area (Å²) in [5.41, 5.74) is 4.89. The van der Waals surface area contributed by atoms with Crippen molar-refractivity contribution in [3.63, 3.8) is 0 Å². The number of carbonyl (C=O) groups is 3. The van der Waals surface area contributed by atoms with E-state index in [1.807, 2.05) is 48.5 Å². The Labute approximate surface area is 196 Å². The highest BCUT2D eigenvalue weighted by Gasteiger charge is 2.30. The van der Waals surface area contributed by atoms with Gasteiger partial charge in [0.15, 0.2) is 0 Å². The van der Waals surface area contributed by atoms with Crippen LogP contribution in [-0.2, 0) is 20.9 Å². The van der Waals surface area contributed by atoms with E-state index in [-0.39, 0.29) is 31.9 Å². The maximum atomic E-state index is 12.9. The largest absolute Gasteiger partial charge is 0.481 e. The van der Waals surface area contributed by atoms with Crippen molar-refractivity contribution < 1.29 is 28.8 Å². The van der Waals surface area contributed by atoms with Gasteiger partial charge in [-0.3, -0.25) is 9.59 Å². The van der Waals surface area contributed by atoms with Gasteiger partial charge in [0.2, 0.25) is 5.91 Å². The Morgan fingerprint density at radius 2 is 1.74 bits per heavy atom. The normalized spacial score (nSPS) is 13.0. The fourth-order valence-electron chi connectivity index (χ4n) is 4.21. The van der Waals surface area contributed by atoms with Crippen LogP contribution in [0.5, 0.6) is 0 Å². The lowest BCUT2D eigenvalue weighted by Crippen LogP contribution is -2.47. The van der Waals surface area contributed by atoms with Gasteiger partial charge in [0, 0.05) is 25.5 Å². The molecular weight excluding hydrogens is 438 g/mol. The molecule has 1 aliphatic rings. The minimum absolute atomic E-state index is 0.0679. The first kappa shape index (κ1) is 23.0. The van der Waals surface area contributed by atoms with Crippen LogP contribution >= 0.6 is 0 Å². The third-order valence-electron chi connectivity index (χ3n) is 5.85. The lowest BCUT2D eigenvalue weighted by molar-refractivity contribution is -0.138. The molecule has 3 aromatic rings. The summed E-state index contributed by atoms with van der Waals surface area (Å²) >= 11 is 0. The second-order valence-electron chi connectivity index (χ2n) is 8.14. The number of likely N-dealkylation sites (N-methyl/N-ethyl adjacent to an activating group) is 1. The first-order valence-corrected chi connectivity index (χ1v) is 10.9. The number of amides is 2. The Hall–Kier alpha value is -4.14. The van der Waals surface area contributed by atoms with Crippen LogP contribution < -0.4 is 5.32 Å². The van der Waals surface area contributed by atoms with E-state index in [1.165, 1.54) is 11.2 Å². The highest BCUT2D eigenvalue weighted by molar-refractivity contribution is 5.86. The molecule has 1 aromatic heterocycles. The molecule has 0 saturated heterocycles. The number of alkyl carbamates (subject to hydrolysis) is 1. The van der Waals surface area contributed by atoms with Gasteiger partial charge >= 0.3 is 12.1 Å². The van der Waals surface area contributed by atoms with E-state index in [0.29, 0.717) is 5.69 Å². The van der Waals surface area contributed by atoms with Crippen molar-refractivity contribution in [1.29, 1.82) is 0 Å². The summed E-state index contributed by atoms with van der Waals surface area (Å²) in [6, 6.07) is 16.5. The van der Waals surface area contributed by atoms with E-state index < -0.39 is 24.0 Å². The van der Waals surface area contributed by atoms with Crippen molar-refractivity contribution in [3.05, 3.63) is 77.7 Å². The van der Waals surface area contributed by atoms with E-state index in [2.05, 4.69) is 10.5 Å². The van der Waals surface area contributed by atoms with Crippen molar-refractivity contribution in [2.24, 2.45) is 0 Å². The zero-order chi connectivity index (χ0) is 24.1. The average molecular weight is 463 g/mol. The molecule has 0 spiro atoms. The van der Waals surface area contributed by atoms with Gasteiger partial charge in [-0.25, -0.2) is 4.79 Å². The molecule has 1 heterocycles. The molecule has 34 heavy (non-hydrogen) atoms. The lowest BCUT2D eigenvalue weighted by atomic mass is 9.98. The molecule has 2 N–H and O–H groups in total. The maximum Gasteiger partial charge on any atom is 0.407 e. The Morgan fingerprint density at radius 1 is 1.09 bits per heavy atom. The second kappa shape index (κ2) is 10.2. The highest BCUT2D eigenvalue weighted by Crippen LogP contribution is 2.44. The number of nitrogens with zero attached hydrogens (tertiary/aromatic N) is 2. The maximum absolute atomic E-state index is 12.9. The van der Waals surface area contributed by atoms with Gasteiger partial charge in [0.1, 0.15) is 24.6 Å². The summed E-state index contributed by atoms with van der Waals surface area (Å²) in [7, 11) is 1.55. The molecule has 0 saturated carbocycles. The Kier molecular flexibility index (Phi) is 6.91. The van der Waals surface area contributed by atoms with E-state index >= 15 is 0 Å². The first-order chi connectivity index (χ1) is 16.4. The van der Waals surface area contributed by atoms with Crippen LogP contribution in [0.2, 0.25) is 0 Å². The molecule has 0 bridgehead atoms. The molecule has 9 nitrogen and oxygen atoms in total. The van der Waals surface area contributed by atoms with Gasteiger partial charge in [-0.05, 0) is 28.7 Å². The molecule has 1 atom stereocenters. The van der Waals surface area contributed by atoms with Crippen molar-refractivity contribution in [3.8, 4) is 11.1 Å². The van der Waals surface area contributed by atoms with Crippen molar-refractivity contribution in [1.82, 2.24) is 15.4 Å². The third-order valence-corrected chi connectivity index (χ3v) is 5.85. The monoisotopic (exact) mass is 463 g/mol. The van der Waals surface area contributed by atoms with Gasteiger partial charge < -0.3 is 24.6 Å². The molecule has 2 amide bonds. The van der Waals surface area contributed by atoms with Crippen LogP contribution in [0.15, 0.2) is 65.4 Å². The number of carboxylic acid groups (broad SMARTS) is 1. The number of hydrogen-bond acceptors (Lipinski definition) is 6. The number of benzene rings is 2. The summed E-state index contributed by atoms with van der Waals surface area (Å²) in [6.07, 6.45) is 0.268. The smallest absolute Gasteiger partial charge is 0.407 e. The number of rotatable bonds is 9. The van der Waals surface area contributed by atoms with E-state index in [9.17, 15) is 14.4 Å². The first-order valence-electron chi connectivity index (χ1n) is 10.9. The number of fused-ring (bicyclic) bond motifs is 3. The van der Waals surface area contributed by atoms with Crippen LogP contribution in [0.4, 0.5) is 4.79 Å². The quantitative estimate of drug-likeness (QED) is 0.499. The van der Waals surface area contributed by atoms with E-state index in [0.717, 1.165) is 22.3 Å². The average Bonchev–Trinajstić information content (AvgIpc) is 3.46. The molecular formula is C25H25N3O6. The van der Waals surface area contributed by atoms with Crippen molar-refractivity contribution in [2.45, 2.75) is 31.3 Å². The predicted molar refractivity (Wildman–Crippen MR) is 122 cm³/mol. The zero-order valence-corrected chi connectivity index (χ0v) is 18.6. The molecule has 2 aromatic carbocycles. The summed E-state index contributed by atoms with van der Waals surface area (Å²) in [5.74, 6) is -1.63. The van der Waals surface area contributed by atoms with E-state index in [1.54, 1.807) is 13.1 Å². The predicted octanol–water partition coefficient (Wildman–Crippen LogP) is 3.41. The molecule has 0 radical (unpaired) electrons. The third kappa shape index (κ3) is 5.09. The van der Waals surface area contributed by atoms with Crippen LogP contribution in [0.25, 0.3) is 11.1 Å². The van der Waals surface area contributed by atoms with Crippen LogP contribution in [0.3, 0.4) is 0 Å². The van der Waals surface area contributed by atoms with Gasteiger partial charge in [-0.1, -0.05) is 53.7 Å². The number of hydrogen-bond donors (Lipinski definition) is 2. The van der Waals surface area contributed by atoms with Gasteiger partial charge in [0.25, 0.3) is 0 Å². The number of aliphatic carboxylic acids is 1. The second-order valence-corrected chi connectivity index (χ2v) is 8.14. The van der Waals surface area contributed by atoms with Crippen molar-refractivity contribution >= 4 is 18.0 Å². The Balaban J connectivity index is 1.41. The Morgan fingerprint density at radius 3 is 2.32 bits per heavy atom. The molecule has 176 valence electrons. The number of ether oxygens (including phenoxy) is 1. The number of aromatic nitrogens is 1. The van der Waals surface area contributed by atoms with Crippen LogP contribution in [-0.4, -0.2) is 52.8 Å². The number of nitrogens with one attached hydrogen (secondary N) is 1. The minimum atomic E-state index is -1.06. The summed E-state index contributed by atoms with van der Waals surface area (Å²) in [6.45, 7) is 0.250. The van der Waals surface area contributed by atoms with Gasteiger partial charge in [-0.2, -0.15) is 0 Å². The summed E-state index contributed by atoms with van der Waals surface area (Å²) < 4.78 is 10.3. The standard InChI is InChI=1S/C25H25N3O6/c1-28(14-16-12-13-34-27-16)24(31)22(10-11-23(29)30)26-25(32)33-15-21-19-8-4-2-6-17(19)18-7-3-5-9-20(18)21/h2-9,12-13,21-22H,10-11,14-15H2,1H3,(H,26,32)(H,29,30). The Bertz CT molecular complexity index is 1130. The van der Waals surface area contributed by atoms with Gasteiger partial charge in [-0.15, -0.1) is 0 Å². The van der Waals surface area contributed by atoms with Gasteiger partial charge in [0.05, 0.1) is 6.54 Å². The molecule has 1 aliphatic carbocycles. The number of carboxylic acids is 1. The highest BCUT2D eigenvalue weighted by atomic mass is 16.5. The SMILES string of the molecule is CN(Cc1ccon1)C(=O)C(CCC(=O)O)NC(=O)OCC1c2ccccc2-c2ccccc21. The molecule has 1 unspecified atom stereocenters. The summed E-state index contributed by atoms with van der Waals surface area (Å²) in [4.78, 5) is 38.0. The zero-order valence-electron chi connectivity index (χ0n) is 18.6. The lowest BCUT2D eigenvalue weighted by Gasteiger charge is -2.24.